The van der Waals surface area contributed by atoms with E-state index in [1.54, 1.807) is 6.20 Å². The molecular formula is C12H18BrFN2. The summed E-state index contributed by atoms with van der Waals surface area (Å²) in [4.78, 5) is 6.15. The second-order valence-electron chi connectivity index (χ2n) is 4.60. The lowest BCUT2D eigenvalue weighted by Gasteiger charge is -2.29. The van der Waals surface area contributed by atoms with Gasteiger partial charge in [-0.2, -0.15) is 0 Å². The van der Waals surface area contributed by atoms with E-state index < -0.39 is 0 Å². The molecule has 0 fully saturated rings. The zero-order chi connectivity index (χ0) is 12.3. The van der Waals surface area contributed by atoms with Crippen LogP contribution in [0.4, 0.5) is 10.2 Å². The molecule has 0 aliphatic heterocycles. The fourth-order valence-corrected chi connectivity index (χ4v) is 1.86. The molecule has 0 atom stereocenters. The molecule has 0 amide bonds. The van der Waals surface area contributed by atoms with Gasteiger partial charge in [-0.25, -0.2) is 9.37 Å². The van der Waals surface area contributed by atoms with Gasteiger partial charge in [0.25, 0.3) is 0 Å². The average molecular weight is 289 g/mol. The number of halogens is 2. The van der Waals surface area contributed by atoms with Crippen LogP contribution in [0.25, 0.3) is 0 Å². The summed E-state index contributed by atoms with van der Waals surface area (Å²) in [6.07, 6.45) is 1.63. The number of nitrogens with zero attached hydrogens (tertiary/aromatic N) is 2. The van der Waals surface area contributed by atoms with Crippen molar-refractivity contribution in [1.29, 1.82) is 0 Å². The van der Waals surface area contributed by atoms with Gasteiger partial charge in [0, 0.05) is 23.3 Å². The van der Waals surface area contributed by atoms with Crippen LogP contribution in [0.2, 0.25) is 0 Å². The third-order valence-electron chi connectivity index (χ3n) is 2.25. The molecule has 0 saturated carbocycles. The Morgan fingerprint density at radius 2 is 2.00 bits per heavy atom. The minimum Gasteiger partial charge on any atom is -0.352 e. The van der Waals surface area contributed by atoms with Crippen LogP contribution in [0.15, 0.2) is 16.7 Å². The molecule has 90 valence electrons. The van der Waals surface area contributed by atoms with Crippen LogP contribution in [-0.2, 0) is 0 Å². The molecule has 1 heterocycles. The maximum atomic E-state index is 13.8. The van der Waals surface area contributed by atoms with Gasteiger partial charge in [0.2, 0.25) is 0 Å². The SMILES string of the molecule is CC(C)CN(c1ncc(Br)cc1F)C(C)C. The van der Waals surface area contributed by atoms with Crippen molar-refractivity contribution in [2.75, 3.05) is 11.4 Å². The van der Waals surface area contributed by atoms with E-state index in [2.05, 4.69) is 34.8 Å². The number of aromatic nitrogens is 1. The maximum Gasteiger partial charge on any atom is 0.166 e. The summed E-state index contributed by atoms with van der Waals surface area (Å²) in [6.45, 7) is 9.14. The van der Waals surface area contributed by atoms with Gasteiger partial charge in [-0.15, -0.1) is 0 Å². The molecule has 0 aliphatic carbocycles. The first kappa shape index (κ1) is 13.4. The lowest BCUT2D eigenvalue weighted by Crippen LogP contribution is -2.35. The van der Waals surface area contributed by atoms with Crippen molar-refractivity contribution in [2.24, 2.45) is 5.92 Å². The molecule has 16 heavy (non-hydrogen) atoms. The molecule has 0 bridgehead atoms. The van der Waals surface area contributed by atoms with Crippen LogP contribution in [0.3, 0.4) is 0 Å². The molecule has 1 rings (SSSR count). The number of hydrogen-bond acceptors (Lipinski definition) is 2. The molecule has 0 aromatic carbocycles. The predicted octanol–water partition coefficient (Wildman–Crippen LogP) is 3.85. The predicted molar refractivity (Wildman–Crippen MR) is 69.2 cm³/mol. The first-order valence-corrected chi connectivity index (χ1v) is 6.28. The Morgan fingerprint density at radius 1 is 1.38 bits per heavy atom. The van der Waals surface area contributed by atoms with Crippen LogP contribution >= 0.6 is 15.9 Å². The third-order valence-corrected chi connectivity index (χ3v) is 2.68. The van der Waals surface area contributed by atoms with E-state index in [-0.39, 0.29) is 11.9 Å². The summed E-state index contributed by atoms with van der Waals surface area (Å²) >= 11 is 3.21. The number of hydrogen-bond donors (Lipinski definition) is 0. The van der Waals surface area contributed by atoms with Crippen LogP contribution in [0, 0.1) is 11.7 Å². The van der Waals surface area contributed by atoms with Crippen molar-refractivity contribution in [3.05, 3.63) is 22.6 Å². The molecule has 4 heteroatoms. The van der Waals surface area contributed by atoms with E-state index in [0.717, 1.165) is 6.54 Å². The number of anilines is 1. The fourth-order valence-electron chi connectivity index (χ4n) is 1.55. The van der Waals surface area contributed by atoms with E-state index in [4.69, 9.17) is 0 Å². The van der Waals surface area contributed by atoms with E-state index >= 15 is 0 Å². The zero-order valence-electron chi connectivity index (χ0n) is 10.2. The first-order chi connectivity index (χ1) is 7.41. The zero-order valence-corrected chi connectivity index (χ0v) is 11.8. The summed E-state index contributed by atoms with van der Waals surface area (Å²) < 4.78 is 14.4. The Hall–Kier alpha value is -0.640. The van der Waals surface area contributed by atoms with Gasteiger partial charge in [0.15, 0.2) is 11.6 Å². The quantitative estimate of drug-likeness (QED) is 0.837. The van der Waals surface area contributed by atoms with Gasteiger partial charge in [-0.3, -0.25) is 0 Å². The number of rotatable bonds is 4. The average Bonchev–Trinajstić information content (AvgIpc) is 2.14. The lowest BCUT2D eigenvalue weighted by atomic mass is 10.1. The van der Waals surface area contributed by atoms with Gasteiger partial charge in [-0.05, 0) is 41.8 Å². The van der Waals surface area contributed by atoms with E-state index in [0.29, 0.717) is 16.2 Å². The molecule has 0 saturated heterocycles. The van der Waals surface area contributed by atoms with Crippen LogP contribution < -0.4 is 4.90 Å². The molecule has 2 nitrogen and oxygen atoms in total. The van der Waals surface area contributed by atoms with Crippen molar-refractivity contribution in [3.63, 3.8) is 0 Å². The summed E-state index contributed by atoms with van der Waals surface area (Å²) in [5, 5.41) is 0. The highest BCUT2D eigenvalue weighted by Gasteiger charge is 2.17. The minimum atomic E-state index is -0.274. The van der Waals surface area contributed by atoms with Crippen LogP contribution in [-0.4, -0.2) is 17.6 Å². The second-order valence-corrected chi connectivity index (χ2v) is 5.51. The van der Waals surface area contributed by atoms with Gasteiger partial charge in [0.1, 0.15) is 0 Å². The van der Waals surface area contributed by atoms with Crippen molar-refractivity contribution in [1.82, 2.24) is 4.98 Å². The molecule has 0 unspecified atom stereocenters. The summed E-state index contributed by atoms with van der Waals surface area (Å²) in [5.74, 6) is 0.642. The maximum absolute atomic E-state index is 13.8. The Labute approximate surface area is 105 Å². The fraction of sp³-hybridized carbons (Fsp3) is 0.583. The van der Waals surface area contributed by atoms with Gasteiger partial charge in [0.05, 0.1) is 0 Å². The highest BCUT2D eigenvalue weighted by Crippen LogP contribution is 2.22. The molecular weight excluding hydrogens is 271 g/mol. The number of pyridine rings is 1. The minimum absolute atomic E-state index is 0.241. The lowest BCUT2D eigenvalue weighted by molar-refractivity contribution is 0.541. The molecule has 0 aliphatic rings. The normalized spacial score (nSPS) is 11.2. The molecule has 0 radical (unpaired) electrons. The van der Waals surface area contributed by atoms with E-state index in [1.807, 2.05) is 18.7 Å². The highest BCUT2D eigenvalue weighted by molar-refractivity contribution is 9.10. The molecule has 0 spiro atoms. The monoisotopic (exact) mass is 288 g/mol. The second kappa shape index (κ2) is 5.62. The van der Waals surface area contributed by atoms with E-state index in [9.17, 15) is 4.39 Å². The van der Waals surface area contributed by atoms with Gasteiger partial charge in [-0.1, -0.05) is 13.8 Å². The smallest absolute Gasteiger partial charge is 0.166 e. The summed E-state index contributed by atoms with van der Waals surface area (Å²) in [6, 6.07) is 1.70. The Balaban J connectivity index is 3.01. The van der Waals surface area contributed by atoms with Gasteiger partial charge < -0.3 is 4.90 Å². The summed E-state index contributed by atoms with van der Waals surface area (Å²) in [5.41, 5.74) is 0. The Morgan fingerprint density at radius 3 is 2.44 bits per heavy atom. The Bertz CT molecular complexity index is 353. The highest BCUT2D eigenvalue weighted by atomic mass is 79.9. The van der Waals surface area contributed by atoms with Crippen LogP contribution in [0.1, 0.15) is 27.7 Å². The Kier molecular flexibility index (Phi) is 4.71. The third kappa shape index (κ3) is 3.44. The molecule has 1 aromatic heterocycles. The van der Waals surface area contributed by atoms with E-state index in [1.165, 1.54) is 6.07 Å². The summed E-state index contributed by atoms with van der Waals surface area (Å²) in [7, 11) is 0. The molecule has 1 aromatic rings. The van der Waals surface area contributed by atoms with Crippen molar-refractivity contribution in [3.8, 4) is 0 Å². The standard InChI is InChI=1S/C12H18BrFN2/c1-8(2)7-16(9(3)4)12-11(14)5-10(13)6-15-12/h5-6,8-9H,7H2,1-4H3. The topological polar surface area (TPSA) is 16.1 Å². The van der Waals surface area contributed by atoms with Crippen LogP contribution in [0.5, 0.6) is 0 Å². The van der Waals surface area contributed by atoms with Crippen molar-refractivity contribution >= 4 is 21.7 Å². The molecule has 0 N–H and O–H groups in total. The first-order valence-electron chi connectivity index (χ1n) is 5.49. The van der Waals surface area contributed by atoms with Gasteiger partial charge >= 0.3 is 0 Å². The largest absolute Gasteiger partial charge is 0.352 e. The van der Waals surface area contributed by atoms with Crippen molar-refractivity contribution < 1.29 is 4.39 Å². The van der Waals surface area contributed by atoms with Crippen molar-refractivity contribution in [2.45, 2.75) is 33.7 Å².